The number of nitrogens with zero attached hydrogens (tertiary/aromatic N) is 2. The number of likely N-dealkylation sites (tertiary alicyclic amines) is 2. The molecule has 18 heavy (non-hydrogen) atoms. The van der Waals surface area contributed by atoms with Gasteiger partial charge in [-0.15, -0.1) is 0 Å². The highest BCUT2D eigenvalue weighted by Crippen LogP contribution is 2.31. The van der Waals surface area contributed by atoms with Crippen molar-refractivity contribution >= 4 is 6.03 Å². The van der Waals surface area contributed by atoms with Gasteiger partial charge in [0, 0.05) is 26.8 Å². The number of methoxy groups -OCH3 is 1. The molecule has 0 radical (unpaired) electrons. The van der Waals surface area contributed by atoms with E-state index in [2.05, 4.69) is 0 Å². The Morgan fingerprint density at radius 1 is 1.28 bits per heavy atom. The number of ether oxygens (including phenoxy) is 2. The van der Waals surface area contributed by atoms with Crippen LogP contribution in [0.1, 0.15) is 25.7 Å². The Hall–Kier alpha value is -0.810. The van der Waals surface area contributed by atoms with Crippen LogP contribution in [0.5, 0.6) is 0 Å². The van der Waals surface area contributed by atoms with E-state index in [1.807, 2.05) is 9.80 Å². The van der Waals surface area contributed by atoms with Gasteiger partial charge in [0.25, 0.3) is 0 Å². The Balaban J connectivity index is 1.73. The predicted molar refractivity (Wildman–Crippen MR) is 66.5 cm³/mol. The molecule has 0 aromatic heterocycles. The minimum absolute atomic E-state index is 0.0434. The molecule has 5 nitrogen and oxygen atoms in total. The van der Waals surface area contributed by atoms with Gasteiger partial charge in [0.15, 0.2) is 0 Å². The highest BCUT2D eigenvalue weighted by molar-refractivity contribution is 5.75. The lowest BCUT2D eigenvalue weighted by atomic mass is 10.0. The van der Waals surface area contributed by atoms with E-state index in [0.29, 0.717) is 6.54 Å². The predicted octanol–water partition coefficient (Wildman–Crippen LogP) is 1.08. The summed E-state index contributed by atoms with van der Waals surface area (Å²) in [4.78, 5) is 16.5. The van der Waals surface area contributed by atoms with E-state index >= 15 is 0 Å². The van der Waals surface area contributed by atoms with Crippen LogP contribution >= 0.6 is 0 Å². The van der Waals surface area contributed by atoms with Crippen molar-refractivity contribution < 1.29 is 14.3 Å². The maximum Gasteiger partial charge on any atom is 0.320 e. The second-order valence-electron chi connectivity index (χ2n) is 5.45. The molecule has 2 amide bonds. The van der Waals surface area contributed by atoms with Crippen molar-refractivity contribution in [2.75, 3.05) is 33.4 Å². The molecular formula is C13H22N2O3. The van der Waals surface area contributed by atoms with Gasteiger partial charge in [0.05, 0.1) is 12.6 Å². The van der Waals surface area contributed by atoms with Gasteiger partial charge in [-0.1, -0.05) is 0 Å². The third-order valence-electron chi connectivity index (χ3n) is 4.40. The molecule has 3 fully saturated rings. The monoisotopic (exact) mass is 254 g/mol. The smallest absolute Gasteiger partial charge is 0.320 e. The Morgan fingerprint density at radius 2 is 2.06 bits per heavy atom. The molecule has 3 atom stereocenters. The lowest BCUT2D eigenvalue weighted by molar-refractivity contribution is -0.0638. The van der Waals surface area contributed by atoms with Crippen LogP contribution in [0.15, 0.2) is 0 Å². The lowest BCUT2D eigenvalue weighted by Gasteiger charge is -2.33. The summed E-state index contributed by atoms with van der Waals surface area (Å²) in [7, 11) is 1.71. The summed E-state index contributed by atoms with van der Waals surface area (Å²) in [6.07, 6.45) is 4.48. The fraction of sp³-hybridized carbons (Fsp3) is 0.923. The third-order valence-corrected chi connectivity index (χ3v) is 4.40. The summed E-state index contributed by atoms with van der Waals surface area (Å²) in [5.41, 5.74) is 0. The SMILES string of the molecule is CO[C@@H]1CN(C(=O)N2CCCC2)[C@H]2CCCO[C@@H]12. The summed E-state index contributed by atoms with van der Waals surface area (Å²) < 4.78 is 11.3. The summed E-state index contributed by atoms with van der Waals surface area (Å²) in [5, 5.41) is 0. The van der Waals surface area contributed by atoms with E-state index in [9.17, 15) is 4.79 Å². The Morgan fingerprint density at radius 3 is 2.78 bits per heavy atom. The van der Waals surface area contributed by atoms with Crippen LogP contribution in [0.2, 0.25) is 0 Å². The molecule has 5 heteroatoms. The van der Waals surface area contributed by atoms with Gasteiger partial charge in [-0.3, -0.25) is 0 Å². The van der Waals surface area contributed by atoms with Crippen molar-refractivity contribution in [1.29, 1.82) is 0 Å². The first kappa shape index (κ1) is 12.2. The first-order valence-corrected chi connectivity index (χ1v) is 7.01. The minimum atomic E-state index is 0.0434. The second-order valence-corrected chi connectivity index (χ2v) is 5.45. The van der Waals surface area contributed by atoms with Crippen LogP contribution in [0, 0.1) is 0 Å². The number of hydrogen-bond donors (Lipinski definition) is 0. The number of urea groups is 1. The van der Waals surface area contributed by atoms with Crippen LogP contribution in [-0.4, -0.2) is 67.4 Å². The number of carbonyl (C=O) groups is 1. The third kappa shape index (κ3) is 1.99. The molecule has 3 rings (SSSR count). The van der Waals surface area contributed by atoms with Crippen LogP contribution in [0.4, 0.5) is 4.79 Å². The average Bonchev–Trinajstić information content (AvgIpc) is 3.05. The summed E-state index contributed by atoms with van der Waals surface area (Å²) in [5.74, 6) is 0. The molecule has 3 saturated heterocycles. The van der Waals surface area contributed by atoms with Crippen molar-refractivity contribution in [3.8, 4) is 0 Å². The van der Waals surface area contributed by atoms with Gasteiger partial charge < -0.3 is 19.3 Å². The van der Waals surface area contributed by atoms with Crippen molar-refractivity contribution in [3.05, 3.63) is 0 Å². The number of rotatable bonds is 1. The lowest BCUT2D eigenvalue weighted by Crippen LogP contribution is -2.48. The molecule has 3 heterocycles. The average molecular weight is 254 g/mol. The molecule has 0 aromatic carbocycles. The summed E-state index contributed by atoms with van der Waals surface area (Å²) in [6.45, 7) is 3.30. The first-order chi connectivity index (χ1) is 8.81. The van der Waals surface area contributed by atoms with Crippen LogP contribution in [0.25, 0.3) is 0 Å². The van der Waals surface area contributed by atoms with Crippen LogP contribution < -0.4 is 0 Å². The zero-order chi connectivity index (χ0) is 12.5. The largest absolute Gasteiger partial charge is 0.377 e. The first-order valence-electron chi connectivity index (χ1n) is 7.01. The number of carbonyl (C=O) groups excluding carboxylic acids is 1. The molecular weight excluding hydrogens is 232 g/mol. The van der Waals surface area contributed by atoms with Gasteiger partial charge >= 0.3 is 6.03 Å². The van der Waals surface area contributed by atoms with E-state index in [1.54, 1.807) is 7.11 Å². The summed E-state index contributed by atoms with van der Waals surface area (Å²) in [6, 6.07) is 0.407. The maximum absolute atomic E-state index is 12.5. The highest BCUT2D eigenvalue weighted by atomic mass is 16.5. The van der Waals surface area contributed by atoms with Gasteiger partial charge in [0.1, 0.15) is 12.2 Å². The quantitative estimate of drug-likeness (QED) is 0.703. The van der Waals surface area contributed by atoms with Crippen LogP contribution in [0.3, 0.4) is 0 Å². The van der Waals surface area contributed by atoms with Crippen molar-refractivity contribution in [3.63, 3.8) is 0 Å². The molecule has 3 aliphatic rings. The van der Waals surface area contributed by atoms with Gasteiger partial charge in [-0.2, -0.15) is 0 Å². The molecule has 3 aliphatic heterocycles. The van der Waals surface area contributed by atoms with Gasteiger partial charge in [-0.05, 0) is 25.7 Å². The van der Waals surface area contributed by atoms with Crippen LogP contribution in [-0.2, 0) is 9.47 Å². The number of amides is 2. The molecule has 0 unspecified atom stereocenters. The molecule has 0 aromatic rings. The normalized spacial score (nSPS) is 35.9. The summed E-state index contributed by atoms with van der Waals surface area (Å²) >= 11 is 0. The standard InChI is InChI=1S/C13H22N2O3/c1-17-11-9-15(10-5-4-8-18-12(10)11)13(16)14-6-2-3-7-14/h10-12H,2-9H2,1H3/t10-,11+,12+/m0/s1. The molecule has 0 N–H and O–H groups in total. The highest BCUT2D eigenvalue weighted by Gasteiger charge is 2.47. The van der Waals surface area contributed by atoms with E-state index in [4.69, 9.17) is 9.47 Å². The van der Waals surface area contributed by atoms with E-state index in [-0.39, 0.29) is 24.3 Å². The topological polar surface area (TPSA) is 42.0 Å². The zero-order valence-corrected chi connectivity index (χ0v) is 11.0. The zero-order valence-electron chi connectivity index (χ0n) is 11.0. The number of hydrogen-bond acceptors (Lipinski definition) is 3. The molecule has 0 aliphatic carbocycles. The fourth-order valence-corrected chi connectivity index (χ4v) is 3.43. The van der Waals surface area contributed by atoms with Gasteiger partial charge in [-0.25, -0.2) is 4.79 Å². The number of fused-ring (bicyclic) bond motifs is 1. The Labute approximate surface area is 108 Å². The molecule has 0 bridgehead atoms. The van der Waals surface area contributed by atoms with E-state index in [1.165, 1.54) is 0 Å². The Kier molecular flexibility index (Phi) is 3.43. The van der Waals surface area contributed by atoms with Gasteiger partial charge in [0.2, 0.25) is 0 Å². The molecule has 0 saturated carbocycles. The van der Waals surface area contributed by atoms with Crippen molar-refractivity contribution in [1.82, 2.24) is 9.80 Å². The van der Waals surface area contributed by atoms with E-state index < -0.39 is 0 Å². The maximum atomic E-state index is 12.5. The van der Waals surface area contributed by atoms with Crippen molar-refractivity contribution in [2.45, 2.75) is 43.9 Å². The fourth-order valence-electron chi connectivity index (χ4n) is 3.43. The second kappa shape index (κ2) is 5.05. The van der Waals surface area contributed by atoms with Crippen molar-refractivity contribution in [2.24, 2.45) is 0 Å². The Bertz CT molecular complexity index is 317. The molecule has 0 spiro atoms. The minimum Gasteiger partial charge on any atom is -0.377 e. The molecule has 102 valence electrons. The van der Waals surface area contributed by atoms with E-state index in [0.717, 1.165) is 45.4 Å².